The number of piperazine rings is 3. The van der Waals surface area contributed by atoms with Crippen LogP contribution in [0, 0.1) is 0 Å². The highest BCUT2D eigenvalue weighted by Gasteiger charge is 2.33. The second-order valence-corrected chi connectivity index (χ2v) is 14.5. The monoisotopic (exact) mass is 615 g/mol. The van der Waals surface area contributed by atoms with Crippen LogP contribution in [0.3, 0.4) is 0 Å². The maximum Gasteiger partial charge on any atom is 0.410 e. The van der Waals surface area contributed by atoms with Gasteiger partial charge in [-0.1, -0.05) is 21.3 Å². The molecule has 0 saturated carbocycles. The number of rotatable bonds is 2. The summed E-state index contributed by atoms with van der Waals surface area (Å²) in [6, 6.07) is 2.90. The van der Waals surface area contributed by atoms with Gasteiger partial charge in [0.2, 0.25) is 0 Å². The summed E-state index contributed by atoms with van der Waals surface area (Å²) in [5.74, 6) is 0. The molecule has 10 nitrogen and oxygen atoms in total. The van der Waals surface area contributed by atoms with Gasteiger partial charge in [0.15, 0.2) is 0 Å². The summed E-state index contributed by atoms with van der Waals surface area (Å²) in [6.07, 6.45) is -0.394. The van der Waals surface area contributed by atoms with E-state index in [9.17, 15) is 9.59 Å². The normalized spacial score (nSPS) is 28.8. The van der Waals surface area contributed by atoms with Gasteiger partial charge >= 0.3 is 12.2 Å². The van der Waals surface area contributed by atoms with Gasteiger partial charge in [-0.25, -0.2) is 9.59 Å². The van der Waals surface area contributed by atoms with Crippen molar-refractivity contribution < 1.29 is 19.1 Å². The predicted octanol–water partition coefficient (Wildman–Crippen LogP) is 5.26. The van der Waals surface area contributed by atoms with E-state index in [1.54, 1.807) is 4.90 Å². The van der Waals surface area contributed by atoms with Gasteiger partial charge in [-0.05, 0) is 96.2 Å². The Morgan fingerprint density at radius 2 is 0.953 bits per heavy atom. The van der Waals surface area contributed by atoms with E-state index in [1.165, 1.54) is 6.54 Å². The SMILES string of the molecule is C.CC1CN(C(=O)OC(C)(C)C)CC(C)N1.CCN1C(C)CN(C(=O)OC(C)(C)C)CC1C.CCN1C(C)CNCC1C. The van der Waals surface area contributed by atoms with Crippen LogP contribution in [0.4, 0.5) is 9.59 Å². The minimum Gasteiger partial charge on any atom is -0.444 e. The highest BCUT2D eigenvalue weighted by atomic mass is 16.6. The molecule has 256 valence electrons. The molecular weight excluding hydrogens is 544 g/mol. The van der Waals surface area contributed by atoms with Crippen LogP contribution in [0.2, 0.25) is 0 Å². The average Bonchev–Trinajstić information content (AvgIpc) is 2.82. The van der Waals surface area contributed by atoms with Crippen LogP contribution >= 0.6 is 0 Å². The Kier molecular flexibility index (Phi) is 17.7. The van der Waals surface area contributed by atoms with Gasteiger partial charge in [0.1, 0.15) is 11.2 Å². The molecule has 0 aromatic rings. The zero-order chi connectivity index (χ0) is 32.4. The molecule has 6 unspecified atom stereocenters. The number of ether oxygens (including phenoxy) is 2. The van der Waals surface area contributed by atoms with Gasteiger partial charge in [0.05, 0.1) is 0 Å². The number of hydrogen-bond donors (Lipinski definition) is 2. The van der Waals surface area contributed by atoms with Gasteiger partial charge in [-0.2, -0.15) is 0 Å². The fourth-order valence-electron chi connectivity index (χ4n) is 6.05. The van der Waals surface area contributed by atoms with Crippen LogP contribution in [0.25, 0.3) is 0 Å². The number of likely N-dealkylation sites (N-methyl/N-ethyl adjacent to an activating group) is 2. The van der Waals surface area contributed by atoms with Crippen molar-refractivity contribution in [2.75, 3.05) is 52.4 Å². The summed E-state index contributed by atoms with van der Waals surface area (Å²) in [4.78, 5) is 32.3. The predicted molar refractivity (Wildman–Crippen MR) is 180 cm³/mol. The Morgan fingerprint density at radius 3 is 1.26 bits per heavy atom. The molecular formula is C33H70N6O4. The first-order valence-corrected chi connectivity index (χ1v) is 16.2. The molecule has 3 aliphatic rings. The van der Waals surface area contributed by atoms with Crippen molar-refractivity contribution in [3.05, 3.63) is 0 Å². The van der Waals surface area contributed by atoms with Crippen LogP contribution in [0.5, 0.6) is 0 Å². The molecule has 43 heavy (non-hydrogen) atoms. The third kappa shape index (κ3) is 15.3. The number of nitrogens with zero attached hydrogens (tertiary/aromatic N) is 4. The summed E-state index contributed by atoms with van der Waals surface area (Å²) in [7, 11) is 0. The minimum atomic E-state index is -0.411. The zero-order valence-corrected chi connectivity index (χ0v) is 29.5. The number of amides is 2. The lowest BCUT2D eigenvalue weighted by Crippen LogP contribution is -2.58. The van der Waals surface area contributed by atoms with E-state index in [2.05, 4.69) is 75.8 Å². The van der Waals surface area contributed by atoms with Crippen molar-refractivity contribution in [2.24, 2.45) is 0 Å². The zero-order valence-electron chi connectivity index (χ0n) is 29.5. The number of carbonyl (C=O) groups is 2. The molecule has 3 fully saturated rings. The lowest BCUT2D eigenvalue weighted by molar-refractivity contribution is -0.00621. The molecule has 3 rings (SSSR count). The smallest absolute Gasteiger partial charge is 0.410 e. The Hall–Kier alpha value is -1.62. The summed E-state index contributed by atoms with van der Waals surface area (Å²) < 4.78 is 10.7. The largest absolute Gasteiger partial charge is 0.444 e. The molecule has 2 N–H and O–H groups in total. The summed E-state index contributed by atoms with van der Waals surface area (Å²) in [5, 5.41) is 6.78. The quantitative estimate of drug-likeness (QED) is 0.435. The minimum absolute atomic E-state index is 0. The van der Waals surface area contributed by atoms with E-state index in [0.717, 1.165) is 45.8 Å². The maximum atomic E-state index is 12.0. The average molecular weight is 615 g/mol. The fourth-order valence-corrected chi connectivity index (χ4v) is 6.05. The highest BCUT2D eigenvalue weighted by molar-refractivity contribution is 5.68. The summed E-state index contributed by atoms with van der Waals surface area (Å²) >= 11 is 0. The van der Waals surface area contributed by atoms with E-state index < -0.39 is 11.2 Å². The Labute approximate surface area is 265 Å². The Balaban J connectivity index is 0.000000627. The van der Waals surface area contributed by atoms with Crippen molar-refractivity contribution in [1.29, 1.82) is 0 Å². The van der Waals surface area contributed by atoms with Crippen LogP contribution in [-0.4, -0.2) is 132 Å². The van der Waals surface area contributed by atoms with E-state index in [0.29, 0.717) is 36.3 Å². The van der Waals surface area contributed by atoms with Crippen molar-refractivity contribution >= 4 is 12.2 Å². The molecule has 0 aromatic heterocycles. The van der Waals surface area contributed by atoms with Crippen LogP contribution < -0.4 is 10.6 Å². The topological polar surface area (TPSA) is 89.6 Å². The van der Waals surface area contributed by atoms with E-state index >= 15 is 0 Å². The summed E-state index contributed by atoms with van der Waals surface area (Å²) in [6.45, 7) is 36.3. The van der Waals surface area contributed by atoms with Crippen molar-refractivity contribution in [2.45, 2.75) is 152 Å². The third-order valence-electron chi connectivity index (χ3n) is 7.70. The number of carbonyl (C=O) groups excluding carboxylic acids is 2. The van der Waals surface area contributed by atoms with Crippen LogP contribution in [0.15, 0.2) is 0 Å². The molecule has 0 bridgehead atoms. The lowest BCUT2D eigenvalue weighted by Gasteiger charge is -2.44. The molecule has 3 aliphatic heterocycles. The lowest BCUT2D eigenvalue weighted by atomic mass is 10.1. The molecule has 3 saturated heterocycles. The number of nitrogens with one attached hydrogen (secondary N) is 2. The van der Waals surface area contributed by atoms with Gasteiger partial charge in [0.25, 0.3) is 0 Å². The fraction of sp³-hybridized carbons (Fsp3) is 0.939. The third-order valence-corrected chi connectivity index (χ3v) is 7.70. The maximum absolute atomic E-state index is 12.0. The Bertz CT molecular complexity index is 782. The van der Waals surface area contributed by atoms with E-state index in [1.807, 2.05) is 46.4 Å². The molecule has 0 radical (unpaired) electrons. The van der Waals surface area contributed by atoms with Crippen molar-refractivity contribution in [1.82, 2.24) is 30.2 Å². The standard InChI is InChI=1S/C13H26N2O2.C11H22N2O2.C8H18N2.CH4/c1-7-15-10(2)8-14(9-11(15)3)12(16)17-13(4,5)6;1-8-6-13(7-9(2)12-8)10(14)15-11(3,4)5;1-4-10-7(2)5-9-6-8(10)3;/h10-11H,7-9H2,1-6H3;8-9,12H,6-7H2,1-5H3;7-9H,4-6H2,1-3H3;1H4. The molecule has 2 amide bonds. The summed E-state index contributed by atoms with van der Waals surface area (Å²) in [5.41, 5.74) is -0.820. The van der Waals surface area contributed by atoms with Gasteiger partial charge in [0, 0.05) is 75.5 Å². The van der Waals surface area contributed by atoms with Gasteiger partial charge in [-0.3, -0.25) is 9.80 Å². The van der Waals surface area contributed by atoms with Crippen LogP contribution in [-0.2, 0) is 9.47 Å². The molecule has 0 aliphatic carbocycles. The van der Waals surface area contributed by atoms with Gasteiger partial charge in [-0.15, -0.1) is 0 Å². The van der Waals surface area contributed by atoms with Gasteiger partial charge < -0.3 is 29.9 Å². The van der Waals surface area contributed by atoms with Crippen LogP contribution in [0.1, 0.15) is 104 Å². The van der Waals surface area contributed by atoms with E-state index in [4.69, 9.17) is 9.47 Å². The molecule has 0 spiro atoms. The van der Waals surface area contributed by atoms with Crippen molar-refractivity contribution in [3.8, 4) is 0 Å². The molecule has 6 atom stereocenters. The molecule has 10 heteroatoms. The first-order chi connectivity index (χ1) is 19.3. The second-order valence-electron chi connectivity index (χ2n) is 14.5. The Morgan fingerprint density at radius 1 is 0.628 bits per heavy atom. The van der Waals surface area contributed by atoms with Crippen molar-refractivity contribution in [3.63, 3.8) is 0 Å². The molecule has 0 aromatic carbocycles. The second kappa shape index (κ2) is 18.4. The molecule has 3 heterocycles. The first-order valence-electron chi connectivity index (χ1n) is 16.2. The highest BCUT2D eigenvalue weighted by Crippen LogP contribution is 2.18. The van der Waals surface area contributed by atoms with E-state index in [-0.39, 0.29) is 19.6 Å². The number of hydrogen-bond acceptors (Lipinski definition) is 8. The first kappa shape index (κ1) is 41.4.